The summed E-state index contributed by atoms with van der Waals surface area (Å²) in [5.74, 6) is -0.331. The largest absolute Gasteiger partial charge is 0.416 e. The number of rotatable bonds is 8. The number of ether oxygens (including phenoxy) is 1. The summed E-state index contributed by atoms with van der Waals surface area (Å²) in [6.45, 7) is 1.70. The molecule has 0 bridgehead atoms. The van der Waals surface area contributed by atoms with E-state index in [4.69, 9.17) is 10.5 Å². The van der Waals surface area contributed by atoms with E-state index in [9.17, 15) is 35.5 Å². The fourth-order valence-corrected chi connectivity index (χ4v) is 6.27. The highest BCUT2D eigenvalue weighted by atomic mass is 19.4. The van der Waals surface area contributed by atoms with Gasteiger partial charge in [-0.15, -0.1) is 0 Å². The van der Waals surface area contributed by atoms with Gasteiger partial charge in [0.2, 0.25) is 5.91 Å². The lowest BCUT2D eigenvalue weighted by Crippen LogP contribution is -2.41. The molecule has 2 aromatic rings. The van der Waals surface area contributed by atoms with Gasteiger partial charge < -0.3 is 10.5 Å². The summed E-state index contributed by atoms with van der Waals surface area (Å²) in [7, 11) is 0. The number of benzene rings is 2. The van der Waals surface area contributed by atoms with E-state index < -0.39 is 42.0 Å². The smallest absolute Gasteiger partial charge is 0.373 e. The Labute approximate surface area is 216 Å². The van der Waals surface area contributed by atoms with E-state index in [1.807, 2.05) is 0 Å². The Bertz CT molecular complexity index is 1110. The fourth-order valence-electron chi connectivity index (χ4n) is 6.27. The van der Waals surface area contributed by atoms with Crippen molar-refractivity contribution in [3.8, 4) is 0 Å². The first kappa shape index (κ1) is 28.4. The lowest BCUT2D eigenvalue weighted by Gasteiger charge is -2.49. The number of carbonyl (C=O) groups is 1. The molecule has 0 unspecified atom stereocenters. The van der Waals surface area contributed by atoms with E-state index in [1.54, 1.807) is 12.1 Å². The summed E-state index contributed by atoms with van der Waals surface area (Å²) in [5.41, 5.74) is 2.84. The Morgan fingerprint density at radius 3 is 2.11 bits per heavy atom. The van der Waals surface area contributed by atoms with Crippen LogP contribution in [0.5, 0.6) is 0 Å². The van der Waals surface area contributed by atoms with Gasteiger partial charge in [0, 0.05) is 12.3 Å². The molecule has 2 saturated carbocycles. The highest BCUT2D eigenvalue weighted by Crippen LogP contribution is 2.61. The lowest BCUT2D eigenvalue weighted by atomic mass is 9.56. The minimum Gasteiger partial charge on any atom is -0.373 e. The van der Waals surface area contributed by atoms with Crippen molar-refractivity contribution in [1.82, 2.24) is 0 Å². The van der Waals surface area contributed by atoms with Gasteiger partial charge in [-0.1, -0.05) is 19.1 Å². The zero-order chi connectivity index (χ0) is 27.9. The van der Waals surface area contributed by atoms with Crippen molar-refractivity contribution < 1.29 is 40.3 Å². The zero-order valence-corrected chi connectivity index (χ0v) is 20.8. The average Bonchev–Trinajstić information content (AvgIpc) is 3.12. The molecule has 2 fully saturated rings. The monoisotopic (exact) mass is 545 g/mol. The maximum absolute atomic E-state index is 13.7. The number of halogens is 7. The lowest BCUT2D eigenvalue weighted by molar-refractivity contribution is -0.143. The number of carbonyl (C=O) groups excluding carboxylic acids is 1. The third kappa shape index (κ3) is 6.16. The van der Waals surface area contributed by atoms with Crippen LogP contribution in [0.4, 0.5) is 30.7 Å². The van der Waals surface area contributed by atoms with Crippen LogP contribution in [0, 0.1) is 23.1 Å². The normalized spacial score (nSPS) is 27.8. The Balaban J connectivity index is 1.56. The Hall–Kier alpha value is -2.62. The van der Waals surface area contributed by atoms with E-state index in [2.05, 4.69) is 6.92 Å². The molecule has 38 heavy (non-hydrogen) atoms. The zero-order valence-electron chi connectivity index (χ0n) is 20.8. The maximum Gasteiger partial charge on any atom is 0.416 e. The van der Waals surface area contributed by atoms with Crippen molar-refractivity contribution in [2.24, 2.45) is 23.0 Å². The van der Waals surface area contributed by atoms with Crippen molar-refractivity contribution >= 4 is 5.91 Å². The minimum atomic E-state index is -4.94. The number of amides is 1. The van der Waals surface area contributed by atoms with Crippen LogP contribution < -0.4 is 5.73 Å². The standard InChI is InChI=1S/C28H30F7NO2/c1-26(19-10-16(11-19)2-7-24(36)37)9-8-23(25(26)18-3-5-22(29)6-4-18)38-15-17-12-20(27(30,31)32)14-21(13-17)28(33,34)35/h3-6,12-14,16,19,23,25H,2,7-11,15H2,1H3,(H2,36,37)/t16?,19?,23-,25+,26-/m0/s1. The molecule has 2 aliphatic carbocycles. The third-order valence-electron chi connectivity index (χ3n) is 8.36. The second-order valence-electron chi connectivity index (χ2n) is 10.9. The van der Waals surface area contributed by atoms with E-state index >= 15 is 0 Å². The van der Waals surface area contributed by atoms with Crippen molar-refractivity contribution in [2.45, 2.75) is 76.4 Å². The molecule has 1 amide bonds. The molecule has 0 radical (unpaired) electrons. The van der Waals surface area contributed by atoms with E-state index in [0.717, 1.165) is 24.8 Å². The van der Waals surface area contributed by atoms with Crippen LogP contribution in [0.1, 0.15) is 73.6 Å². The highest BCUT2D eigenvalue weighted by Gasteiger charge is 2.54. The third-order valence-corrected chi connectivity index (χ3v) is 8.36. The SMILES string of the molecule is C[C@@]1(C2CC(CCC(N)=O)C2)CC[C@H](OCc2cc(C(F)(F)F)cc(C(F)(F)F)c2)[C@H]1c1ccc(F)cc1. The summed E-state index contributed by atoms with van der Waals surface area (Å²) in [5, 5.41) is 0. The number of hydrogen-bond acceptors (Lipinski definition) is 2. The second-order valence-corrected chi connectivity index (χ2v) is 10.9. The van der Waals surface area contributed by atoms with Crippen LogP contribution in [0.15, 0.2) is 42.5 Å². The first-order chi connectivity index (χ1) is 17.7. The topological polar surface area (TPSA) is 52.3 Å². The first-order valence-corrected chi connectivity index (χ1v) is 12.6. The molecule has 0 aromatic heterocycles. The molecule has 0 saturated heterocycles. The number of primary amides is 1. The summed E-state index contributed by atoms with van der Waals surface area (Å²) < 4.78 is 99.5. The molecular weight excluding hydrogens is 515 g/mol. The van der Waals surface area contributed by atoms with Gasteiger partial charge in [0.15, 0.2) is 0 Å². The van der Waals surface area contributed by atoms with Crippen molar-refractivity contribution in [2.75, 3.05) is 0 Å². The van der Waals surface area contributed by atoms with Crippen LogP contribution >= 0.6 is 0 Å². The molecule has 10 heteroatoms. The predicted molar refractivity (Wildman–Crippen MR) is 126 cm³/mol. The molecule has 2 N–H and O–H groups in total. The van der Waals surface area contributed by atoms with Gasteiger partial charge in [0.05, 0.1) is 23.8 Å². The van der Waals surface area contributed by atoms with Crippen LogP contribution in [0.3, 0.4) is 0 Å². The number of hydrogen-bond donors (Lipinski definition) is 1. The van der Waals surface area contributed by atoms with E-state index in [0.29, 0.717) is 37.3 Å². The van der Waals surface area contributed by atoms with Crippen molar-refractivity contribution in [3.05, 3.63) is 70.5 Å². The molecule has 2 aromatic carbocycles. The maximum atomic E-state index is 13.7. The summed E-state index contributed by atoms with van der Waals surface area (Å²) in [4.78, 5) is 11.1. The predicted octanol–water partition coefficient (Wildman–Crippen LogP) is 7.62. The van der Waals surface area contributed by atoms with Crippen LogP contribution in [-0.2, 0) is 28.5 Å². The van der Waals surface area contributed by atoms with Crippen LogP contribution in [0.2, 0.25) is 0 Å². The van der Waals surface area contributed by atoms with Crippen LogP contribution in [0.25, 0.3) is 0 Å². The molecule has 0 aliphatic heterocycles. The molecule has 0 heterocycles. The summed E-state index contributed by atoms with van der Waals surface area (Å²) >= 11 is 0. The van der Waals surface area contributed by atoms with Crippen molar-refractivity contribution in [3.63, 3.8) is 0 Å². The Morgan fingerprint density at radius 2 is 1.58 bits per heavy atom. The van der Waals surface area contributed by atoms with Crippen LogP contribution in [-0.4, -0.2) is 12.0 Å². The fraction of sp³-hybridized carbons (Fsp3) is 0.536. The van der Waals surface area contributed by atoms with Gasteiger partial charge in [-0.05, 0) is 90.8 Å². The van der Waals surface area contributed by atoms with E-state index in [-0.39, 0.29) is 34.8 Å². The molecule has 2 aliphatic rings. The van der Waals surface area contributed by atoms with Gasteiger partial charge in [0.25, 0.3) is 0 Å². The number of alkyl halides is 6. The molecular formula is C28H30F7NO2. The molecule has 208 valence electrons. The Morgan fingerprint density at radius 1 is 1.00 bits per heavy atom. The summed E-state index contributed by atoms with van der Waals surface area (Å²) in [6, 6.07) is 7.47. The quantitative estimate of drug-likeness (QED) is 0.347. The molecule has 3 atom stereocenters. The molecule has 3 nitrogen and oxygen atoms in total. The molecule has 0 spiro atoms. The van der Waals surface area contributed by atoms with E-state index in [1.165, 1.54) is 12.1 Å². The van der Waals surface area contributed by atoms with Crippen molar-refractivity contribution in [1.29, 1.82) is 0 Å². The van der Waals surface area contributed by atoms with Gasteiger partial charge in [0.1, 0.15) is 5.82 Å². The highest BCUT2D eigenvalue weighted by molar-refractivity contribution is 5.73. The first-order valence-electron chi connectivity index (χ1n) is 12.6. The van der Waals surface area contributed by atoms with Gasteiger partial charge in [-0.25, -0.2) is 4.39 Å². The number of nitrogens with two attached hydrogens (primary N) is 1. The van der Waals surface area contributed by atoms with Gasteiger partial charge >= 0.3 is 12.4 Å². The second kappa shape index (κ2) is 10.5. The van der Waals surface area contributed by atoms with Gasteiger partial charge in [-0.2, -0.15) is 26.3 Å². The summed E-state index contributed by atoms with van der Waals surface area (Å²) in [6.07, 6.45) is -6.25. The average molecular weight is 546 g/mol. The molecule has 4 rings (SSSR count). The Kier molecular flexibility index (Phi) is 7.85. The van der Waals surface area contributed by atoms with Gasteiger partial charge in [-0.3, -0.25) is 4.79 Å². The minimum absolute atomic E-state index is 0.0999.